The number of rotatable bonds is 4. The zero-order valence-electron chi connectivity index (χ0n) is 29.4. The first kappa shape index (κ1) is 30.5. The highest BCUT2D eigenvalue weighted by atomic mass is 14.9. The second-order valence-electron chi connectivity index (χ2n) is 14.1. The molecule has 1 aliphatic rings. The Morgan fingerprint density at radius 2 is 0.815 bits per heavy atom. The van der Waals surface area contributed by atoms with Crippen molar-refractivity contribution in [2.75, 3.05) is 0 Å². The number of nitrogens with zero attached hydrogens (tertiary/aromatic N) is 2. The molecule has 0 saturated heterocycles. The summed E-state index contributed by atoms with van der Waals surface area (Å²) in [5.41, 5.74) is 16.3. The minimum absolute atomic E-state index is 0.728. The second-order valence-corrected chi connectivity index (χ2v) is 14.1. The number of hydrogen-bond acceptors (Lipinski definition) is 2. The van der Waals surface area contributed by atoms with E-state index in [1.54, 1.807) is 0 Å². The molecule has 54 heavy (non-hydrogen) atoms. The van der Waals surface area contributed by atoms with E-state index in [0.29, 0.717) is 0 Å². The Morgan fingerprint density at radius 3 is 1.52 bits per heavy atom. The van der Waals surface area contributed by atoms with Gasteiger partial charge in [0.2, 0.25) is 0 Å². The van der Waals surface area contributed by atoms with Gasteiger partial charge in [-0.05, 0) is 95.4 Å². The third kappa shape index (κ3) is 4.74. The minimum Gasteiger partial charge on any atom is -0.228 e. The van der Waals surface area contributed by atoms with Crippen LogP contribution < -0.4 is 0 Å². The highest BCUT2D eigenvalue weighted by Crippen LogP contribution is 2.53. The summed E-state index contributed by atoms with van der Waals surface area (Å²) in [6.07, 6.45) is 0. The molecule has 0 fully saturated rings. The average molecular weight is 685 g/mol. The van der Waals surface area contributed by atoms with Gasteiger partial charge in [0.1, 0.15) is 0 Å². The van der Waals surface area contributed by atoms with Crippen LogP contribution in [0.15, 0.2) is 194 Å². The van der Waals surface area contributed by atoms with Gasteiger partial charge in [-0.15, -0.1) is 0 Å². The Labute approximate surface area is 313 Å². The molecule has 0 N–H and O–H groups in total. The quantitative estimate of drug-likeness (QED) is 0.172. The molecule has 2 nitrogen and oxygen atoms in total. The Kier molecular flexibility index (Phi) is 6.90. The van der Waals surface area contributed by atoms with E-state index < -0.39 is 0 Å². The minimum atomic E-state index is 0.728. The molecule has 10 aromatic rings. The summed E-state index contributed by atoms with van der Waals surface area (Å²) < 4.78 is 0. The van der Waals surface area contributed by atoms with E-state index >= 15 is 0 Å². The molecule has 0 saturated carbocycles. The summed E-state index contributed by atoms with van der Waals surface area (Å²) in [5, 5.41) is 6.08. The normalized spacial score (nSPS) is 11.7. The van der Waals surface area contributed by atoms with E-state index in [-0.39, 0.29) is 0 Å². The molecule has 0 bridgehead atoms. The van der Waals surface area contributed by atoms with Gasteiger partial charge in [-0.3, -0.25) is 0 Å². The Balaban J connectivity index is 1.22. The third-order valence-electron chi connectivity index (χ3n) is 11.0. The van der Waals surface area contributed by atoms with Crippen molar-refractivity contribution < 1.29 is 0 Å². The highest BCUT2D eigenvalue weighted by Gasteiger charge is 2.26. The Morgan fingerprint density at radius 1 is 0.278 bits per heavy atom. The largest absolute Gasteiger partial charge is 0.228 e. The molecule has 9 aromatic carbocycles. The Bertz CT molecular complexity index is 3080. The summed E-state index contributed by atoms with van der Waals surface area (Å²) >= 11 is 0. The average Bonchev–Trinajstić information content (AvgIpc) is 3.38. The molecular weight excluding hydrogens is 653 g/mol. The lowest BCUT2D eigenvalue weighted by Crippen LogP contribution is -1.96. The maximum Gasteiger partial charge on any atom is 0.160 e. The van der Waals surface area contributed by atoms with Crippen LogP contribution in [-0.4, -0.2) is 9.97 Å². The lowest BCUT2D eigenvalue weighted by Gasteiger charge is -2.20. The smallest absolute Gasteiger partial charge is 0.160 e. The molecule has 0 amide bonds. The van der Waals surface area contributed by atoms with Gasteiger partial charge >= 0.3 is 0 Å². The van der Waals surface area contributed by atoms with Crippen LogP contribution in [0.1, 0.15) is 0 Å². The van der Waals surface area contributed by atoms with Crippen LogP contribution in [0.25, 0.3) is 111 Å². The number of benzene rings is 9. The van der Waals surface area contributed by atoms with Crippen molar-refractivity contribution in [2.24, 2.45) is 0 Å². The van der Waals surface area contributed by atoms with Crippen molar-refractivity contribution in [2.45, 2.75) is 0 Å². The SMILES string of the molecule is c1ccc(-c2nc(-c3ccccc3)c3cc(-c4ccc5c(-c6ccccc6)c6cccc7c6c(c5c4)-c4ccccc4-c4ccccc4-7)ccc3n2)cc1. The molecule has 0 aliphatic heterocycles. The molecule has 0 atom stereocenters. The van der Waals surface area contributed by atoms with Crippen molar-refractivity contribution >= 4 is 32.4 Å². The summed E-state index contributed by atoms with van der Waals surface area (Å²) in [6.45, 7) is 0. The van der Waals surface area contributed by atoms with E-state index in [1.807, 2.05) is 18.2 Å². The van der Waals surface area contributed by atoms with E-state index in [2.05, 4.69) is 176 Å². The zero-order chi connectivity index (χ0) is 35.6. The van der Waals surface area contributed by atoms with Gasteiger partial charge in [-0.25, -0.2) is 9.97 Å². The van der Waals surface area contributed by atoms with Crippen molar-refractivity contribution in [3.63, 3.8) is 0 Å². The summed E-state index contributed by atoms with van der Waals surface area (Å²) in [4.78, 5) is 10.3. The molecule has 0 radical (unpaired) electrons. The first-order valence-corrected chi connectivity index (χ1v) is 18.5. The maximum atomic E-state index is 5.19. The summed E-state index contributed by atoms with van der Waals surface area (Å²) in [7, 11) is 0. The molecule has 250 valence electrons. The van der Waals surface area contributed by atoms with E-state index in [4.69, 9.17) is 9.97 Å². The van der Waals surface area contributed by atoms with Gasteiger partial charge in [0, 0.05) is 16.5 Å². The highest BCUT2D eigenvalue weighted by molar-refractivity contribution is 6.27. The first-order valence-electron chi connectivity index (χ1n) is 18.5. The zero-order valence-corrected chi connectivity index (χ0v) is 29.4. The van der Waals surface area contributed by atoms with E-state index in [1.165, 1.54) is 66.1 Å². The molecular formula is C52H32N2. The van der Waals surface area contributed by atoms with Crippen LogP contribution in [0, 0.1) is 0 Å². The molecule has 1 aromatic heterocycles. The molecule has 2 heteroatoms. The van der Waals surface area contributed by atoms with Gasteiger partial charge < -0.3 is 0 Å². The van der Waals surface area contributed by atoms with Crippen LogP contribution in [-0.2, 0) is 0 Å². The number of fused-ring (bicyclic) bond motifs is 8. The van der Waals surface area contributed by atoms with Crippen LogP contribution in [0.3, 0.4) is 0 Å². The Hall–Kier alpha value is -7.16. The lowest BCUT2D eigenvalue weighted by atomic mass is 9.83. The lowest BCUT2D eigenvalue weighted by molar-refractivity contribution is 1.23. The standard InChI is InChI=1S/C52H32N2/c1-4-15-33(16-5-1)48-43-29-27-36(37-28-30-47-46(32-37)51(34-17-6-2-7-18-34)54-52(53-47)35-19-8-3-9-20-35)31-45(43)50-41-24-13-12-23-39(41)38-21-10-11-22-40(38)42-25-14-26-44(48)49(42)50/h1-32H. The van der Waals surface area contributed by atoms with Crippen LogP contribution in [0.5, 0.6) is 0 Å². The molecule has 1 aliphatic carbocycles. The number of aromatic nitrogens is 2. The summed E-state index contributed by atoms with van der Waals surface area (Å²) in [6, 6.07) is 70.0. The topological polar surface area (TPSA) is 25.8 Å². The van der Waals surface area contributed by atoms with Gasteiger partial charge in [-0.1, -0.05) is 176 Å². The predicted octanol–water partition coefficient (Wildman–Crippen LogP) is 13.9. The van der Waals surface area contributed by atoms with Crippen molar-refractivity contribution in [3.8, 4) is 78.3 Å². The van der Waals surface area contributed by atoms with Crippen LogP contribution in [0.4, 0.5) is 0 Å². The molecule has 1 heterocycles. The predicted molar refractivity (Wildman–Crippen MR) is 226 cm³/mol. The summed E-state index contributed by atoms with van der Waals surface area (Å²) in [5.74, 6) is 0.728. The number of hydrogen-bond donors (Lipinski definition) is 0. The maximum absolute atomic E-state index is 5.19. The molecule has 0 spiro atoms. The first-order chi connectivity index (χ1) is 26.8. The van der Waals surface area contributed by atoms with E-state index in [0.717, 1.165) is 44.7 Å². The van der Waals surface area contributed by atoms with Crippen LogP contribution in [0.2, 0.25) is 0 Å². The molecule has 0 unspecified atom stereocenters. The second kappa shape index (κ2) is 12.2. The van der Waals surface area contributed by atoms with Crippen LogP contribution >= 0.6 is 0 Å². The fourth-order valence-electron chi connectivity index (χ4n) is 8.61. The van der Waals surface area contributed by atoms with Gasteiger partial charge in [-0.2, -0.15) is 0 Å². The van der Waals surface area contributed by atoms with Gasteiger partial charge in [0.05, 0.1) is 11.2 Å². The van der Waals surface area contributed by atoms with E-state index in [9.17, 15) is 0 Å². The van der Waals surface area contributed by atoms with Gasteiger partial charge in [0.15, 0.2) is 5.82 Å². The van der Waals surface area contributed by atoms with Crippen molar-refractivity contribution in [3.05, 3.63) is 194 Å². The third-order valence-corrected chi connectivity index (χ3v) is 11.0. The van der Waals surface area contributed by atoms with Crippen molar-refractivity contribution in [1.82, 2.24) is 9.97 Å². The van der Waals surface area contributed by atoms with Crippen molar-refractivity contribution in [1.29, 1.82) is 0 Å². The fourth-order valence-corrected chi connectivity index (χ4v) is 8.61. The molecule has 11 rings (SSSR count). The monoisotopic (exact) mass is 684 g/mol. The fraction of sp³-hybridized carbons (Fsp3) is 0. The van der Waals surface area contributed by atoms with Gasteiger partial charge in [0.25, 0.3) is 0 Å².